The van der Waals surface area contributed by atoms with Crippen LogP contribution >= 0.6 is 22.7 Å². The van der Waals surface area contributed by atoms with Crippen molar-refractivity contribution in [2.24, 2.45) is 0 Å². The SMILES string of the molecule is O=C(Cc1csc(NC(=O)c2cccs2)n1)Nc1ccc2[nH]c(=O)[nH]c2c1. The molecule has 0 unspecified atom stereocenters. The lowest BCUT2D eigenvalue weighted by Crippen LogP contribution is -2.15. The Bertz CT molecular complexity index is 1170. The maximum atomic E-state index is 12.2. The van der Waals surface area contributed by atoms with Crippen molar-refractivity contribution >= 4 is 56.3 Å². The highest BCUT2D eigenvalue weighted by Crippen LogP contribution is 2.19. The summed E-state index contributed by atoms with van der Waals surface area (Å²) in [6.07, 6.45) is 0.0765. The van der Waals surface area contributed by atoms with Gasteiger partial charge in [-0.15, -0.1) is 22.7 Å². The molecular formula is C17H13N5O3S2. The number of thiazole rings is 1. The van der Waals surface area contributed by atoms with Crippen LogP contribution in [0.2, 0.25) is 0 Å². The van der Waals surface area contributed by atoms with Crippen molar-refractivity contribution in [1.29, 1.82) is 0 Å². The van der Waals surface area contributed by atoms with Gasteiger partial charge in [-0.3, -0.25) is 14.9 Å². The van der Waals surface area contributed by atoms with Crippen molar-refractivity contribution in [2.75, 3.05) is 10.6 Å². The van der Waals surface area contributed by atoms with E-state index >= 15 is 0 Å². The Morgan fingerprint density at radius 3 is 2.74 bits per heavy atom. The van der Waals surface area contributed by atoms with E-state index in [0.717, 1.165) is 0 Å². The van der Waals surface area contributed by atoms with E-state index in [1.165, 1.54) is 22.7 Å². The van der Waals surface area contributed by atoms with Crippen molar-refractivity contribution < 1.29 is 9.59 Å². The molecule has 0 spiro atoms. The lowest BCUT2D eigenvalue weighted by molar-refractivity contribution is -0.115. The van der Waals surface area contributed by atoms with E-state index in [1.54, 1.807) is 35.7 Å². The molecule has 136 valence electrons. The van der Waals surface area contributed by atoms with Crippen LogP contribution in [0.3, 0.4) is 0 Å². The van der Waals surface area contributed by atoms with Crippen molar-refractivity contribution in [2.45, 2.75) is 6.42 Å². The predicted octanol–water partition coefficient (Wildman–Crippen LogP) is 2.81. The van der Waals surface area contributed by atoms with E-state index in [0.29, 0.717) is 32.4 Å². The number of amides is 2. The Morgan fingerprint density at radius 2 is 1.93 bits per heavy atom. The van der Waals surface area contributed by atoms with Gasteiger partial charge in [-0.2, -0.15) is 0 Å². The molecule has 0 radical (unpaired) electrons. The average Bonchev–Trinajstić information content (AvgIpc) is 3.34. The number of imidazole rings is 1. The third-order valence-corrected chi connectivity index (χ3v) is 5.33. The minimum Gasteiger partial charge on any atom is -0.326 e. The van der Waals surface area contributed by atoms with E-state index in [1.807, 2.05) is 5.38 Å². The number of aromatic amines is 2. The normalized spacial score (nSPS) is 10.8. The second-order valence-corrected chi connectivity index (χ2v) is 7.45. The quantitative estimate of drug-likeness (QED) is 0.412. The molecule has 3 heterocycles. The number of rotatable bonds is 5. The predicted molar refractivity (Wildman–Crippen MR) is 106 cm³/mol. The van der Waals surface area contributed by atoms with Crippen LogP contribution in [0.1, 0.15) is 15.4 Å². The third-order valence-electron chi connectivity index (χ3n) is 3.66. The first-order valence-electron chi connectivity index (χ1n) is 7.88. The largest absolute Gasteiger partial charge is 0.326 e. The van der Waals surface area contributed by atoms with E-state index < -0.39 is 0 Å². The van der Waals surface area contributed by atoms with Gasteiger partial charge in [0.1, 0.15) is 0 Å². The molecule has 1 aromatic carbocycles. The number of thiophene rings is 1. The van der Waals surface area contributed by atoms with Crippen molar-refractivity contribution in [1.82, 2.24) is 15.0 Å². The molecule has 27 heavy (non-hydrogen) atoms. The molecule has 8 nitrogen and oxygen atoms in total. The second kappa shape index (κ2) is 7.17. The first kappa shape index (κ1) is 17.2. The van der Waals surface area contributed by atoms with Gasteiger partial charge in [0.25, 0.3) is 5.91 Å². The summed E-state index contributed by atoms with van der Waals surface area (Å²) in [7, 11) is 0. The Morgan fingerprint density at radius 1 is 1.07 bits per heavy atom. The van der Waals surface area contributed by atoms with Crippen LogP contribution in [0.5, 0.6) is 0 Å². The van der Waals surface area contributed by atoms with E-state index in [-0.39, 0.29) is 23.9 Å². The summed E-state index contributed by atoms with van der Waals surface area (Å²) in [4.78, 5) is 45.7. The van der Waals surface area contributed by atoms with Crippen LogP contribution in [0.15, 0.2) is 45.9 Å². The molecule has 3 aromatic heterocycles. The Hall–Kier alpha value is -3.24. The van der Waals surface area contributed by atoms with Gasteiger partial charge in [0.05, 0.1) is 28.0 Å². The average molecular weight is 399 g/mol. The lowest BCUT2D eigenvalue weighted by Gasteiger charge is -2.04. The highest BCUT2D eigenvalue weighted by Gasteiger charge is 2.12. The van der Waals surface area contributed by atoms with Crippen LogP contribution < -0.4 is 16.3 Å². The summed E-state index contributed by atoms with van der Waals surface area (Å²) in [5, 5.41) is 9.49. The number of anilines is 2. The number of nitrogens with one attached hydrogen (secondary N) is 4. The highest BCUT2D eigenvalue weighted by molar-refractivity contribution is 7.14. The molecule has 0 bridgehead atoms. The van der Waals surface area contributed by atoms with Crippen LogP contribution in [-0.4, -0.2) is 26.8 Å². The minimum atomic E-state index is -0.298. The maximum Gasteiger partial charge on any atom is 0.323 e. The molecule has 4 aromatic rings. The zero-order chi connectivity index (χ0) is 18.8. The smallest absolute Gasteiger partial charge is 0.323 e. The Labute approximate surface area is 160 Å². The molecule has 10 heteroatoms. The molecule has 0 saturated heterocycles. The fourth-order valence-corrected chi connectivity index (χ4v) is 3.82. The number of benzene rings is 1. The van der Waals surface area contributed by atoms with Crippen molar-refractivity contribution in [3.63, 3.8) is 0 Å². The van der Waals surface area contributed by atoms with Gasteiger partial charge in [0.2, 0.25) is 5.91 Å². The summed E-state index contributed by atoms with van der Waals surface area (Å²) in [6, 6.07) is 8.63. The zero-order valence-electron chi connectivity index (χ0n) is 13.7. The lowest BCUT2D eigenvalue weighted by atomic mass is 10.2. The topological polar surface area (TPSA) is 120 Å². The summed E-state index contributed by atoms with van der Waals surface area (Å²) >= 11 is 2.61. The number of aromatic nitrogens is 3. The van der Waals surface area contributed by atoms with Crippen LogP contribution in [0.25, 0.3) is 11.0 Å². The Balaban J connectivity index is 1.38. The van der Waals surface area contributed by atoms with Crippen LogP contribution in [0, 0.1) is 0 Å². The number of nitrogens with zero attached hydrogens (tertiary/aromatic N) is 1. The first-order valence-corrected chi connectivity index (χ1v) is 9.64. The maximum absolute atomic E-state index is 12.2. The number of hydrogen-bond acceptors (Lipinski definition) is 6. The molecule has 0 aliphatic carbocycles. The summed E-state index contributed by atoms with van der Waals surface area (Å²) < 4.78 is 0. The standard InChI is InChI=1S/C17H13N5O3S2/c23-14(18-9-3-4-11-12(6-9)21-16(25)20-11)7-10-8-27-17(19-10)22-15(24)13-2-1-5-26-13/h1-6,8H,7H2,(H,18,23)(H,19,22,24)(H2,20,21,25). The molecule has 0 saturated carbocycles. The monoisotopic (exact) mass is 399 g/mol. The number of H-pyrrole nitrogens is 2. The van der Waals surface area contributed by atoms with Gasteiger partial charge >= 0.3 is 5.69 Å². The van der Waals surface area contributed by atoms with Crippen molar-refractivity contribution in [3.05, 3.63) is 62.1 Å². The molecule has 4 rings (SSSR count). The van der Waals surface area contributed by atoms with Crippen LogP contribution in [-0.2, 0) is 11.2 Å². The molecule has 0 aliphatic rings. The van der Waals surface area contributed by atoms with Crippen molar-refractivity contribution in [3.8, 4) is 0 Å². The molecular weight excluding hydrogens is 386 g/mol. The van der Waals surface area contributed by atoms with Gasteiger partial charge in [-0.1, -0.05) is 6.07 Å². The number of hydrogen-bond donors (Lipinski definition) is 4. The van der Waals surface area contributed by atoms with Gasteiger partial charge in [0.15, 0.2) is 5.13 Å². The zero-order valence-corrected chi connectivity index (χ0v) is 15.4. The summed E-state index contributed by atoms with van der Waals surface area (Å²) in [5.41, 5.74) is 2.13. The summed E-state index contributed by atoms with van der Waals surface area (Å²) in [5.74, 6) is -0.460. The fraction of sp³-hybridized carbons (Fsp3) is 0.0588. The second-order valence-electron chi connectivity index (χ2n) is 5.64. The Kier molecular flexibility index (Phi) is 4.57. The number of carbonyl (C=O) groups excluding carboxylic acids is 2. The number of carbonyl (C=O) groups is 2. The molecule has 0 atom stereocenters. The van der Waals surface area contributed by atoms with Crippen LogP contribution in [0.4, 0.5) is 10.8 Å². The highest BCUT2D eigenvalue weighted by atomic mass is 32.1. The number of fused-ring (bicyclic) bond motifs is 1. The molecule has 0 aliphatic heterocycles. The fourth-order valence-electron chi connectivity index (χ4n) is 2.49. The first-order chi connectivity index (χ1) is 13.1. The van der Waals surface area contributed by atoms with Gasteiger partial charge in [-0.05, 0) is 29.6 Å². The third kappa shape index (κ3) is 3.96. The molecule has 2 amide bonds. The molecule has 4 N–H and O–H groups in total. The van der Waals surface area contributed by atoms with Gasteiger partial charge < -0.3 is 15.3 Å². The van der Waals surface area contributed by atoms with Gasteiger partial charge in [-0.25, -0.2) is 9.78 Å². The minimum absolute atomic E-state index is 0.0765. The van der Waals surface area contributed by atoms with Gasteiger partial charge in [0, 0.05) is 11.1 Å². The molecule has 0 fully saturated rings. The van der Waals surface area contributed by atoms with E-state index in [9.17, 15) is 14.4 Å². The summed E-state index contributed by atoms with van der Waals surface area (Å²) in [6.45, 7) is 0. The van der Waals surface area contributed by atoms with E-state index in [2.05, 4.69) is 25.6 Å². The van der Waals surface area contributed by atoms with E-state index in [4.69, 9.17) is 0 Å².